The van der Waals surface area contributed by atoms with Gasteiger partial charge in [0, 0.05) is 10.4 Å². The van der Waals surface area contributed by atoms with Gasteiger partial charge in [-0.05, 0) is 18.2 Å². The number of hydrogen-bond acceptors (Lipinski definition) is 3. The number of nitrogens with zero attached hydrogens (tertiary/aromatic N) is 1. The molecule has 0 aliphatic carbocycles. The third-order valence-corrected chi connectivity index (χ3v) is 3.31. The Kier molecular flexibility index (Phi) is 3.22. The molecule has 2 rings (SSSR count). The molecule has 1 heterocycles. The molecule has 0 atom stereocenters. The van der Waals surface area contributed by atoms with Crippen LogP contribution in [0.4, 0.5) is 5.69 Å². The molecular formula is C14H14ClNO3. The smallest absolute Gasteiger partial charge is 0.297 e. The van der Waals surface area contributed by atoms with E-state index in [-0.39, 0.29) is 17.9 Å². The van der Waals surface area contributed by atoms with E-state index >= 15 is 0 Å². The van der Waals surface area contributed by atoms with Crippen LogP contribution in [0.5, 0.6) is 0 Å². The molecule has 5 heteroatoms. The van der Waals surface area contributed by atoms with Crippen LogP contribution in [0.1, 0.15) is 31.1 Å². The van der Waals surface area contributed by atoms with Crippen molar-refractivity contribution in [1.82, 2.24) is 0 Å². The zero-order valence-electron chi connectivity index (χ0n) is 11.0. The average Bonchev–Trinajstić information content (AvgIpc) is 2.53. The van der Waals surface area contributed by atoms with E-state index < -0.39 is 17.1 Å². The Bertz CT molecular complexity index is 587. The third-order valence-electron chi connectivity index (χ3n) is 3.07. The zero-order chi connectivity index (χ0) is 14.4. The molecule has 0 fully saturated rings. The Morgan fingerprint density at radius 1 is 1.26 bits per heavy atom. The van der Waals surface area contributed by atoms with Gasteiger partial charge in [0.15, 0.2) is 5.78 Å². The lowest BCUT2D eigenvalue weighted by molar-refractivity contribution is -0.126. The predicted molar refractivity (Wildman–Crippen MR) is 72.6 cm³/mol. The van der Waals surface area contributed by atoms with E-state index in [0.717, 1.165) is 0 Å². The monoisotopic (exact) mass is 279 g/mol. The molecule has 0 spiro atoms. The topological polar surface area (TPSA) is 54.5 Å². The number of Topliss-reactive ketones (excluding diaryl/α,β-unsaturated/α-hetero) is 2. The molecule has 19 heavy (non-hydrogen) atoms. The number of fused-ring (bicyclic) bond motifs is 1. The van der Waals surface area contributed by atoms with Gasteiger partial charge in [-0.2, -0.15) is 0 Å². The van der Waals surface area contributed by atoms with E-state index in [0.29, 0.717) is 10.7 Å². The summed E-state index contributed by atoms with van der Waals surface area (Å²) in [5.41, 5.74) is 0.162. The first-order chi connectivity index (χ1) is 8.71. The Labute approximate surface area is 116 Å². The summed E-state index contributed by atoms with van der Waals surface area (Å²) in [6.45, 7) is 5.24. The van der Waals surface area contributed by atoms with Gasteiger partial charge in [0.25, 0.3) is 11.7 Å². The van der Waals surface area contributed by atoms with Crippen LogP contribution in [0.3, 0.4) is 0 Å². The molecule has 0 saturated carbocycles. The molecule has 0 saturated heterocycles. The van der Waals surface area contributed by atoms with Gasteiger partial charge in [0.05, 0.1) is 17.8 Å². The summed E-state index contributed by atoms with van der Waals surface area (Å²) in [4.78, 5) is 37.0. The van der Waals surface area contributed by atoms with Gasteiger partial charge in [-0.15, -0.1) is 0 Å². The first-order valence-corrected chi connectivity index (χ1v) is 6.28. The van der Waals surface area contributed by atoms with Gasteiger partial charge in [0.2, 0.25) is 0 Å². The maximum absolute atomic E-state index is 12.0. The lowest BCUT2D eigenvalue weighted by Gasteiger charge is -2.22. The first-order valence-electron chi connectivity index (χ1n) is 5.91. The van der Waals surface area contributed by atoms with Crippen molar-refractivity contribution in [3.8, 4) is 0 Å². The molecule has 1 aromatic carbocycles. The highest BCUT2D eigenvalue weighted by molar-refractivity contribution is 6.53. The second-order valence-electron chi connectivity index (χ2n) is 5.56. The summed E-state index contributed by atoms with van der Waals surface area (Å²) in [5, 5.41) is 0.392. The van der Waals surface area contributed by atoms with Crippen molar-refractivity contribution in [1.29, 1.82) is 0 Å². The first kappa shape index (κ1) is 13.7. The zero-order valence-corrected chi connectivity index (χ0v) is 11.7. The third kappa shape index (κ3) is 2.40. The minimum Gasteiger partial charge on any atom is -0.297 e. The number of carbonyl (C=O) groups excluding carboxylic acids is 3. The number of halogens is 1. The Balaban J connectivity index is 2.37. The highest BCUT2D eigenvalue weighted by Crippen LogP contribution is 2.31. The largest absolute Gasteiger partial charge is 0.299 e. The van der Waals surface area contributed by atoms with Crippen molar-refractivity contribution in [2.75, 3.05) is 11.4 Å². The van der Waals surface area contributed by atoms with Gasteiger partial charge >= 0.3 is 0 Å². The van der Waals surface area contributed by atoms with Gasteiger partial charge in [-0.25, -0.2) is 0 Å². The summed E-state index contributed by atoms with van der Waals surface area (Å²) in [6, 6.07) is 4.65. The molecule has 1 aliphatic heterocycles. The Morgan fingerprint density at radius 3 is 2.47 bits per heavy atom. The fourth-order valence-corrected chi connectivity index (χ4v) is 1.98. The number of benzene rings is 1. The van der Waals surface area contributed by atoms with Crippen LogP contribution in [0.2, 0.25) is 5.02 Å². The summed E-state index contributed by atoms with van der Waals surface area (Å²) >= 11 is 5.81. The van der Waals surface area contributed by atoms with Gasteiger partial charge < -0.3 is 0 Å². The van der Waals surface area contributed by atoms with E-state index in [1.165, 1.54) is 11.0 Å². The molecule has 1 amide bonds. The van der Waals surface area contributed by atoms with Crippen LogP contribution in [-0.4, -0.2) is 24.0 Å². The molecule has 0 unspecified atom stereocenters. The molecular weight excluding hydrogens is 266 g/mol. The van der Waals surface area contributed by atoms with E-state index in [9.17, 15) is 14.4 Å². The standard InChI is InChI=1S/C14H14ClNO3/c1-14(2,3)11(17)7-16-10-5-4-8(15)6-9(10)12(18)13(16)19/h4-6H,7H2,1-3H3. The number of amides is 1. The summed E-state index contributed by atoms with van der Waals surface area (Å²) in [7, 11) is 0. The van der Waals surface area contributed by atoms with Crippen LogP contribution in [-0.2, 0) is 9.59 Å². The summed E-state index contributed by atoms with van der Waals surface area (Å²) in [5.74, 6) is -1.38. The highest BCUT2D eigenvalue weighted by Gasteiger charge is 2.38. The molecule has 4 nitrogen and oxygen atoms in total. The van der Waals surface area contributed by atoms with Crippen LogP contribution in [0.25, 0.3) is 0 Å². The van der Waals surface area contributed by atoms with Crippen molar-refractivity contribution in [2.24, 2.45) is 5.41 Å². The number of rotatable bonds is 2. The van der Waals surface area contributed by atoms with Crippen molar-refractivity contribution in [2.45, 2.75) is 20.8 Å². The second-order valence-corrected chi connectivity index (χ2v) is 5.99. The normalized spacial score (nSPS) is 14.8. The summed E-state index contributed by atoms with van der Waals surface area (Å²) < 4.78 is 0. The highest BCUT2D eigenvalue weighted by atomic mass is 35.5. The summed E-state index contributed by atoms with van der Waals surface area (Å²) in [6.07, 6.45) is 0. The number of hydrogen-bond donors (Lipinski definition) is 0. The molecule has 0 bridgehead atoms. The number of carbonyl (C=O) groups is 3. The van der Waals surface area contributed by atoms with E-state index in [1.807, 2.05) is 0 Å². The van der Waals surface area contributed by atoms with Crippen LogP contribution in [0, 0.1) is 5.41 Å². The molecule has 0 radical (unpaired) electrons. The van der Waals surface area contributed by atoms with Gasteiger partial charge in [0.1, 0.15) is 0 Å². The van der Waals surface area contributed by atoms with E-state index in [4.69, 9.17) is 11.6 Å². The Morgan fingerprint density at radius 2 is 1.89 bits per heavy atom. The molecule has 1 aliphatic rings. The van der Waals surface area contributed by atoms with Crippen molar-refractivity contribution in [3.63, 3.8) is 0 Å². The lowest BCUT2D eigenvalue weighted by Crippen LogP contribution is -2.39. The maximum atomic E-state index is 12.0. The number of ketones is 2. The fraction of sp³-hybridized carbons (Fsp3) is 0.357. The fourth-order valence-electron chi connectivity index (χ4n) is 1.81. The van der Waals surface area contributed by atoms with Crippen LogP contribution >= 0.6 is 11.6 Å². The van der Waals surface area contributed by atoms with Crippen LogP contribution < -0.4 is 4.90 Å². The van der Waals surface area contributed by atoms with Crippen molar-refractivity contribution >= 4 is 34.8 Å². The molecule has 100 valence electrons. The molecule has 0 N–H and O–H groups in total. The van der Waals surface area contributed by atoms with E-state index in [1.54, 1.807) is 32.9 Å². The quantitative estimate of drug-likeness (QED) is 0.782. The molecule has 1 aromatic rings. The Hall–Kier alpha value is -1.68. The maximum Gasteiger partial charge on any atom is 0.299 e. The average molecular weight is 280 g/mol. The van der Waals surface area contributed by atoms with Gasteiger partial charge in [-0.3, -0.25) is 19.3 Å². The van der Waals surface area contributed by atoms with Crippen molar-refractivity contribution < 1.29 is 14.4 Å². The molecule has 0 aromatic heterocycles. The van der Waals surface area contributed by atoms with Crippen LogP contribution in [0.15, 0.2) is 18.2 Å². The lowest BCUT2D eigenvalue weighted by atomic mass is 9.90. The SMILES string of the molecule is CC(C)(C)C(=O)CN1C(=O)C(=O)c2cc(Cl)ccc21. The minimum absolute atomic E-state index is 0.0945. The second kappa shape index (κ2) is 4.46. The predicted octanol–water partition coefficient (Wildman–Crippen LogP) is 2.48. The van der Waals surface area contributed by atoms with Gasteiger partial charge in [-0.1, -0.05) is 32.4 Å². The minimum atomic E-state index is -0.671. The van der Waals surface area contributed by atoms with Crippen molar-refractivity contribution in [3.05, 3.63) is 28.8 Å². The number of anilines is 1. The van der Waals surface area contributed by atoms with E-state index in [2.05, 4.69) is 0 Å².